The van der Waals surface area contributed by atoms with E-state index in [2.05, 4.69) is 25.4 Å². The maximum atomic E-state index is 5.72. The topological polar surface area (TPSA) is 91.8 Å². The maximum Gasteiger partial charge on any atom is 0.230 e. The van der Waals surface area contributed by atoms with Gasteiger partial charge in [0.2, 0.25) is 17.6 Å². The van der Waals surface area contributed by atoms with Crippen LogP contribution in [-0.2, 0) is 19.9 Å². The number of aromatic nitrogens is 6. The smallest absolute Gasteiger partial charge is 0.230 e. The predicted octanol–water partition coefficient (Wildman–Crippen LogP) is 3.32. The van der Waals surface area contributed by atoms with Gasteiger partial charge in [0, 0.05) is 37.2 Å². The second kappa shape index (κ2) is 6.88. The van der Waals surface area contributed by atoms with Crippen LogP contribution in [0.15, 0.2) is 53.2 Å². The molecule has 0 fully saturated rings. The average molecular weight is 374 g/mol. The lowest BCUT2D eigenvalue weighted by Gasteiger charge is -2.17. The lowest BCUT2D eigenvalue weighted by atomic mass is 9.89. The summed E-state index contributed by atoms with van der Waals surface area (Å²) in [5.41, 5.74) is 2.99. The van der Waals surface area contributed by atoms with E-state index >= 15 is 0 Å². The van der Waals surface area contributed by atoms with Crippen molar-refractivity contribution in [2.45, 2.75) is 25.2 Å². The van der Waals surface area contributed by atoms with Crippen LogP contribution < -0.4 is 4.74 Å². The zero-order chi connectivity index (χ0) is 18.9. The van der Waals surface area contributed by atoms with Crippen LogP contribution in [-0.4, -0.2) is 30.1 Å². The predicted molar refractivity (Wildman–Crippen MR) is 99.8 cm³/mol. The summed E-state index contributed by atoms with van der Waals surface area (Å²) in [5, 5.41) is 12.4. The fourth-order valence-electron chi connectivity index (χ4n) is 3.42. The third kappa shape index (κ3) is 3.13. The summed E-state index contributed by atoms with van der Waals surface area (Å²) in [5.74, 6) is 2.61. The van der Waals surface area contributed by atoms with Crippen LogP contribution in [0.5, 0.6) is 11.6 Å². The number of aryl methyl sites for hydroxylation is 2. The van der Waals surface area contributed by atoms with Gasteiger partial charge in [-0.3, -0.25) is 4.68 Å². The number of benzene rings is 1. The van der Waals surface area contributed by atoms with Crippen LogP contribution in [0.2, 0.25) is 0 Å². The van der Waals surface area contributed by atoms with Crippen molar-refractivity contribution in [1.82, 2.24) is 30.1 Å². The number of rotatable bonds is 4. The van der Waals surface area contributed by atoms with Crippen molar-refractivity contribution < 1.29 is 9.26 Å². The molecule has 1 aliphatic carbocycles. The number of pyridine rings is 1. The molecule has 0 radical (unpaired) electrons. The quantitative estimate of drug-likeness (QED) is 0.541. The van der Waals surface area contributed by atoms with Gasteiger partial charge in [0.15, 0.2) is 0 Å². The lowest BCUT2D eigenvalue weighted by molar-refractivity contribution is 0.338. The molecule has 8 heteroatoms. The molecule has 140 valence electrons. The molecule has 8 nitrogen and oxygen atoms in total. The van der Waals surface area contributed by atoms with Gasteiger partial charge in [-0.1, -0.05) is 28.6 Å². The SMILES string of the molecule is Cn1nnc2c1CC(c1nc(-c3ccc(Oc4ccccc4)nc3)no1)CC2. The zero-order valence-corrected chi connectivity index (χ0v) is 15.3. The number of hydrogen-bond donors (Lipinski definition) is 0. The molecule has 0 spiro atoms. The average Bonchev–Trinajstić information content (AvgIpc) is 3.37. The van der Waals surface area contributed by atoms with Crippen molar-refractivity contribution in [3.63, 3.8) is 0 Å². The molecular formula is C20H18N6O2. The fraction of sp³-hybridized carbons (Fsp3) is 0.250. The van der Waals surface area contributed by atoms with Crippen molar-refractivity contribution in [3.05, 3.63) is 65.9 Å². The van der Waals surface area contributed by atoms with Crippen molar-refractivity contribution in [3.8, 4) is 23.0 Å². The molecule has 0 bridgehead atoms. The van der Waals surface area contributed by atoms with E-state index < -0.39 is 0 Å². The first-order chi connectivity index (χ1) is 13.8. The van der Waals surface area contributed by atoms with E-state index in [1.165, 1.54) is 0 Å². The normalized spacial score (nSPS) is 16.0. The Morgan fingerprint density at radius 2 is 2.04 bits per heavy atom. The minimum Gasteiger partial charge on any atom is -0.439 e. The number of para-hydroxylation sites is 1. The summed E-state index contributed by atoms with van der Waals surface area (Å²) in [6.07, 6.45) is 4.30. The first-order valence-electron chi connectivity index (χ1n) is 9.16. The van der Waals surface area contributed by atoms with E-state index in [1.807, 2.05) is 48.1 Å². The molecule has 1 aromatic carbocycles. The Morgan fingerprint density at radius 1 is 1.14 bits per heavy atom. The lowest BCUT2D eigenvalue weighted by Crippen LogP contribution is -2.15. The first kappa shape index (κ1) is 16.6. The van der Waals surface area contributed by atoms with Gasteiger partial charge in [-0.05, 0) is 31.0 Å². The zero-order valence-electron chi connectivity index (χ0n) is 15.3. The van der Waals surface area contributed by atoms with Gasteiger partial charge in [0.25, 0.3) is 0 Å². The van der Waals surface area contributed by atoms with Crippen LogP contribution in [0, 0.1) is 0 Å². The molecule has 0 saturated heterocycles. The standard InChI is InChI=1S/C20H18N6O2/c1-26-17-11-13(7-9-16(17)23-25-26)20-22-19(24-28-20)14-8-10-18(21-12-14)27-15-5-3-2-4-6-15/h2-6,8,10,12-13H,7,9,11H2,1H3. The van der Waals surface area contributed by atoms with Gasteiger partial charge in [0.1, 0.15) is 5.75 Å². The Balaban J connectivity index is 1.32. The van der Waals surface area contributed by atoms with E-state index in [4.69, 9.17) is 9.26 Å². The van der Waals surface area contributed by atoms with Crippen LogP contribution in [0.4, 0.5) is 0 Å². The molecule has 1 unspecified atom stereocenters. The van der Waals surface area contributed by atoms with Crippen molar-refractivity contribution in [2.75, 3.05) is 0 Å². The Hall–Kier alpha value is -3.55. The molecule has 5 rings (SSSR count). The largest absolute Gasteiger partial charge is 0.439 e. The molecule has 4 aromatic rings. The Labute approximate surface area is 161 Å². The molecule has 0 saturated carbocycles. The number of fused-ring (bicyclic) bond motifs is 1. The second-order valence-electron chi connectivity index (χ2n) is 6.80. The van der Waals surface area contributed by atoms with Crippen LogP contribution >= 0.6 is 0 Å². The maximum absolute atomic E-state index is 5.72. The van der Waals surface area contributed by atoms with Crippen molar-refractivity contribution in [2.24, 2.45) is 7.05 Å². The highest BCUT2D eigenvalue weighted by molar-refractivity contribution is 5.53. The molecule has 3 heterocycles. The van der Waals surface area contributed by atoms with E-state index in [1.54, 1.807) is 12.3 Å². The highest BCUT2D eigenvalue weighted by atomic mass is 16.5. The first-order valence-corrected chi connectivity index (χ1v) is 9.16. The summed E-state index contributed by atoms with van der Waals surface area (Å²) in [6, 6.07) is 13.2. The molecule has 0 amide bonds. The molecule has 1 aliphatic rings. The molecule has 0 aliphatic heterocycles. The monoisotopic (exact) mass is 374 g/mol. The van der Waals surface area contributed by atoms with Gasteiger partial charge >= 0.3 is 0 Å². The van der Waals surface area contributed by atoms with E-state index in [-0.39, 0.29) is 5.92 Å². The van der Waals surface area contributed by atoms with Gasteiger partial charge in [0.05, 0.1) is 11.4 Å². The van der Waals surface area contributed by atoms with Crippen LogP contribution in [0.1, 0.15) is 29.6 Å². The number of hydrogen-bond acceptors (Lipinski definition) is 7. The van der Waals surface area contributed by atoms with Crippen LogP contribution in [0.25, 0.3) is 11.4 Å². The highest BCUT2D eigenvalue weighted by Gasteiger charge is 2.28. The van der Waals surface area contributed by atoms with Crippen molar-refractivity contribution >= 4 is 0 Å². The van der Waals surface area contributed by atoms with Gasteiger partial charge in [-0.2, -0.15) is 4.98 Å². The molecule has 28 heavy (non-hydrogen) atoms. The highest BCUT2D eigenvalue weighted by Crippen LogP contribution is 2.31. The minimum absolute atomic E-state index is 0.180. The van der Waals surface area contributed by atoms with Gasteiger partial charge in [-0.15, -0.1) is 5.10 Å². The Kier molecular flexibility index (Phi) is 4.08. The summed E-state index contributed by atoms with van der Waals surface area (Å²) in [6.45, 7) is 0. The summed E-state index contributed by atoms with van der Waals surface area (Å²) >= 11 is 0. The van der Waals surface area contributed by atoms with Crippen molar-refractivity contribution in [1.29, 1.82) is 0 Å². The summed E-state index contributed by atoms with van der Waals surface area (Å²) < 4.78 is 13.1. The molecule has 3 aromatic heterocycles. The number of nitrogens with zero attached hydrogens (tertiary/aromatic N) is 6. The third-order valence-corrected chi connectivity index (χ3v) is 4.94. The summed E-state index contributed by atoms with van der Waals surface area (Å²) in [7, 11) is 1.91. The van der Waals surface area contributed by atoms with Gasteiger partial charge < -0.3 is 9.26 Å². The molecular weight excluding hydrogens is 356 g/mol. The second-order valence-corrected chi connectivity index (χ2v) is 6.80. The van der Waals surface area contributed by atoms with E-state index in [0.29, 0.717) is 17.6 Å². The number of ether oxygens (including phenoxy) is 1. The van der Waals surface area contributed by atoms with Gasteiger partial charge in [-0.25, -0.2) is 4.98 Å². The fourth-order valence-corrected chi connectivity index (χ4v) is 3.42. The Bertz CT molecular complexity index is 1090. The van der Waals surface area contributed by atoms with E-state index in [0.717, 1.165) is 42.0 Å². The Morgan fingerprint density at radius 3 is 2.86 bits per heavy atom. The summed E-state index contributed by atoms with van der Waals surface area (Å²) in [4.78, 5) is 8.94. The minimum atomic E-state index is 0.180. The van der Waals surface area contributed by atoms with E-state index in [9.17, 15) is 0 Å². The molecule has 0 N–H and O–H groups in total. The van der Waals surface area contributed by atoms with Crippen LogP contribution in [0.3, 0.4) is 0 Å². The molecule has 1 atom stereocenters. The third-order valence-electron chi connectivity index (χ3n) is 4.94.